The van der Waals surface area contributed by atoms with Crippen molar-refractivity contribution >= 4 is 57.8 Å². The number of hydrogen-bond donors (Lipinski definition) is 0. The first-order valence-electron chi connectivity index (χ1n) is 5.00. The minimum atomic E-state index is 0.412. The fourth-order valence-corrected chi connectivity index (χ4v) is 1.81. The van der Waals surface area contributed by atoms with Crippen molar-refractivity contribution in [1.82, 2.24) is 0 Å². The number of isothiocyanates is 3. The molecule has 6 heteroatoms. The van der Waals surface area contributed by atoms with E-state index in [1.54, 1.807) is 0 Å². The van der Waals surface area contributed by atoms with Gasteiger partial charge in [-0.05, 0) is 60.8 Å². The molecule has 0 spiro atoms. The summed E-state index contributed by atoms with van der Waals surface area (Å²) in [6.45, 7) is 2.84. The Labute approximate surface area is 121 Å². The number of rotatable bonds is 5. The molecule has 0 aliphatic rings. The molecule has 90 valence electrons. The molecule has 3 nitrogen and oxygen atoms in total. The van der Waals surface area contributed by atoms with Crippen LogP contribution in [0.15, 0.2) is 27.1 Å². The van der Waals surface area contributed by atoms with E-state index in [9.17, 15) is 0 Å². The Morgan fingerprint density at radius 1 is 1.00 bits per heavy atom. The van der Waals surface area contributed by atoms with Crippen molar-refractivity contribution in [2.75, 3.05) is 0 Å². The Kier molecular flexibility index (Phi) is 6.40. The van der Waals surface area contributed by atoms with Gasteiger partial charge in [0.25, 0.3) is 0 Å². The van der Waals surface area contributed by atoms with E-state index in [4.69, 9.17) is 0 Å². The van der Waals surface area contributed by atoms with Crippen LogP contribution in [0.4, 0.5) is 5.69 Å². The van der Waals surface area contributed by atoms with Crippen molar-refractivity contribution in [3.63, 3.8) is 0 Å². The van der Waals surface area contributed by atoms with Crippen molar-refractivity contribution in [3.05, 3.63) is 28.8 Å². The van der Waals surface area contributed by atoms with Crippen LogP contribution in [0.3, 0.4) is 0 Å². The van der Waals surface area contributed by atoms with Crippen LogP contribution in [0.1, 0.15) is 16.7 Å². The molecule has 0 saturated heterocycles. The second kappa shape index (κ2) is 7.85. The first-order valence-corrected chi connectivity index (χ1v) is 6.23. The van der Waals surface area contributed by atoms with E-state index in [1.807, 2.05) is 19.1 Å². The maximum Gasteiger partial charge on any atom is 0.0819 e. The maximum absolute atomic E-state index is 4.64. The third kappa shape index (κ3) is 4.13. The lowest BCUT2D eigenvalue weighted by Gasteiger charge is -2.08. The average molecular weight is 291 g/mol. The Morgan fingerprint density at radius 3 is 2.28 bits per heavy atom. The monoisotopic (exact) mass is 291 g/mol. The van der Waals surface area contributed by atoms with Crippen LogP contribution < -0.4 is 0 Å². The third-order valence-electron chi connectivity index (χ3n) is 2.24. The topological polar surface area (TPSA) is 37.1 Å². The summed E-state index contributed by atoms with van der Waals surface area (Å²) in [7, 11) is 0. The standard InChI is InChI=1S/C12H9N3S3/c1-9-2-10(4-13-6-16)3-11(5-14-7-17)12(9)15-8-18/h2-3H,4-5H2,1H3. The van der Waals surface area contributed by atoms with E-state index < -0.39 is 0 Å². The minimum absolute atomic E-state index is 0.412. The van der Waals surface area contributed by atoms with Gasteiger partial charge in [-0.1, -0.05) is 6.07 Å². The number of nitrogens with zero attached hydrogens (tertiary/aromatic N) is 3. The van der Waals surface area contributed by atoms with Crippen LogP contribution in [-0.4, -0.2) is 15.5 Å². The number of thiocarbonyl (C=S) groups is 3. The molecule has 1 aromatic carbocycles. The molecule has 0 aliphatic carbocycles. The highest BCUT2D eigenvalue weighted by Crippen LogP contribution is 2.26. The summed E-state index contributed by atoms with van der Waals surface area (Å²) >= 11 is 13.8. The van der Waals surface area contributed by atoms with Crippen LogP contribution in [0.2, 0.25) is 0 Å². The first-order chi connectivity index (χ1) is 8.72. The molecule has 0 bridgehead atoms. The van der Waals surface area contributed by atoms with Crippen molar-refractivity contribution in [3.8, 4) is 0 Å². The van der Waals surface area contributed by atoms with Gasteiger partial charge in [-0.15, -0.1) is 0 Å². The molecule has 0 atom stereocenters. The highest BCUT2D eigenvalue weighted by molar-refractivity contribution is 7.78. The number of benzene rings is 1. The van der Waals surface area contributed by atoms with E-state index in [0.29, 0.717) is 13.1 Å². The Balaban J connectivity index is 3.29. The van der Waals surface area contributed by atoms with Crippen LogP contribution in [-0.2, 0) is 13.1 Å². The lowest BCUT2D eigenvalue weighted by Crippen LogP contribution is -1.91. The van der Waals surface area contributed by atoms with E-state index >= 15 is 0 Å². The Morgan fingerprint density at radius 2 is 1.67 bits per heavy atom. The summed E-state index contributed by atoms with van der Waals surface area (Å²) in [5, 5.41) is 7.05. The van der Waals surface area contributed by atoms with Gasteiger partial charge in [0, 0.05) is 5.56 Å². The molecule has 0 unspecified atom stereocenters. The van der Waals surface area contributed by atoms with Gasteiger partial charge < -0.3 is 0 Å². The Bertz CT molecular complexity index is 591. The fourth-order valence-electron chi connectivity index (χ4n) is 1.59. The molecule has 1 aromatic rings. The molecule has 0 N–H and O–H groups in total. The van der Waals surface area contributed by atoms with E-state index in [-0.39, 0.29) is 0 Å². The van der Waals surface area contributed by atoms with Crippen molar-refractivity contribution in [1.29, 1.82) is 0 Å². The second-order valence-corrected chi connectivity index (χ2v) is 3.99. The van der Waals surface area contributed by atoms with Crippen LogP contribution in [0, 0.1) is 6.92 Å². The lowest BCUT2D eigenvalue weighted by atomic mass is 10.0. The van der Waals surface area contributed by atoms with Crippen molar-refractivity contribution in [2.24, 2.45) is 15.0 Å². The molecule has 0 fully saturated rings. The zero-order chi connectivity index (χ0) is 13.4. The SMILES string of the molecule is Cc1cc(CN=C=S)cc(CN=C=S)c1N=C=S. The molecule has 0 amide bonds. The summed E-state index contributed by atoms with van der Waals surface area (Å²) in [5.74, 6) is 0. The van der Waals surface area contributed by atoms with Gasteiger partial charge in [-0.25, -0.2) is 9.98 Å². The predicted octanol–water partition coefficient (Wildman–Crippen LogP) is 3.93. The molecule has 0 saturated carbocycles. The summed E-state index contributed by atoms with van der Waals surface area (Å²) in [6.07, 6.45) is 0. The number of aliphatic imine (C=N–C) groups is 3. The average Bonchev–Trinajstić information content (AvgIpc) is 2.37. The van der Waals surface area contributed by atoms with Crippen molar-refractivity contribution < 1.29 is 0 Å². The van der Waals surface area contributed by atoms with Gasteiger partial charge in [0.15, 0.2) is 0 Å². The maximum atomic E-state index is 4.64. The van der Waals surface area contributed by atoms with Gasteiger partial charge in [0.05, 0.1) is 34.3 Å². The molecule has 0 heterocycles. The largest absolute Gasteiger partial charge is 0.228 e. The molecule has 0 aliphatic heterocycles. The second-order valence-electron chi connectivity index (χ2n) is 3.44. The van der Waals surface area contributed by atoms with Gasteiger partial charge in [-0.3, -0.25) is 0 Å². The highest BCUT2D eigenvalue weighted by Gasteiger charge is 2.07. The van der Waals surface area contributed by atoms with E-state index in [1.165, 1.54) is 0 Å². The first kappa shape index (κ1) is 14.7. The van der Waals surface area contributed by atoms with E-state index in [0.717, 1.165) is 22.4 Å². The van der Waals surface area contributed by atoms with Crippen LogP contribution >= 0.6 is 36.7 Å². The molecule has 1 rings (SSSR count). The van der Waals surface area contributed by atoms with E-state index in [2.05, 4.69) is 67.1 Å². The summed E-state index contributed by atoms with van der Waals surface area (Å²) in [5.41, 5.74) is 3.69. The van der Waals surface area contributed by atoms with Crippen LogP contribution in [0.25, 0.3) is 0 Å². The zero-order valence-corrected chi connectivity index (χ0v) is 12.1. The quantitative estimate of drug-likeness (QED) is 0.609. The van der Waals surface area contributed by atoms with Gasteiger partial charge in [-0.2, -0.15) is 4.99 Å². The molecular formula is C12H9N3S3. The highest BCUT2D eigenvalue weighted by atomic mass is 32.1. The third-order valence-corrected chi connectivity index (χ3v) is 2.59. The van der Waals surface area contributed by atoms with Gasteiger partial charge in [0.1, 0.15) is 0 Å². The number of aryl methyl sites for hydroxylation is 1. The van der Waals surface area contributed by atoms with Crippen LogP contribution in [0.5, 0.6) is 0 Å². The summed E-state index contributed by atoms with van der Waals surface area (Å²) < 4.78 is 0. The molecule has 18 heavy (non-hydrogen) atoms. The zero-order valence-electron chi connectivity index (χ0n) is 9.64. The van der Waals surface area contributed by atoms with Gasteiger partial charge in [0.2, 0.25) is 0 Å². The lowest BCUT2D eigenvalue weighted by molar-refractivity contribution is 1.03. The molecule has 0 aromatic heterocycles. The normalized spacial score (nSPS) is 8.72. The molecular weight excluding hydrogens is 282 g/mol. The summed E-state index contributed by atoms with van der Waals surface area (Å²) in [4.78, 5) is 11.9. The predicted molar refractivity (Wildman–Crippen MR) is 83.3 cm³/mol. The molecule has 0 radical (unpaired) electrons. The smallest absolute Gasteiger partial charge is 0.0819 e. The van der Waals surface area contributed by atoms with Crippen molar-refractivity contribution in [2.45, 2.75) is 20.0 Å². The fraction of sp³-hybridized carbons (Fsp3) is 0.250. The summed E-state index contributed by atoms with van der Waals surface area (Å²) in [6, 6.07) is 3.93. The number of hydrogen-bond acceptors (Lipinski definition) is 6. The minimum Gasteiger partial charge on any atom is -0.228 e. The Hall–Kier alpha value is -1.38. The van der Waals surface area contributed by atoms with Gasteiger partial charge >= 0.3 is 0 Å².